The van der Waals surface area contributed by atoms with Gasteiger partial charge in [0.25, 0.3) is 0 Å². The predicted molar refractivity (Wildman–Crippen MR) is 60.2 cm³/mol. The summed E-state index contributed by atoms with van der Waals surface area (Å²) in [5, 5.41) is 0. The van der Waals surface area contributed by atoms with Crippen LogP contribution in [0.3, 0.4) is 0 Å². The van der Waals surface area contributed by atoms with Crippen LogP contribution in [0, 0.1) is 11.8 Å². The number of hydrogen-bond donors (Lipinski definition) is 1. The first-order chi connectivity index (χ1) is 6.17. The summed E-state index contributed by atoms with van der Waals surface area (Å²) in [5.41, 5.74) is 5.97. The molecule has 2 unspecified atom stereocenters. The average Bonchev–Trinajstić information content (AvgIpc) is 2.10. The van der Waals surface area contributed by atoms with Crippen molar-refractivity contribution < 1.29 is 0 Å². The van der Waals surface area contributed by atoms with Gasteiger partial charge in [-0.1, -0.05) is 26.7 Å². The fourth-order valence-electron chi connectivity index (χ4n) is 1.99. The van der Waals surface area contributed by atoms with Crippen molar-refractivity contribution in [1.29, 1.82) is 0 Å². The molecule has 0 aliphatic rings. The van der Waals surface area contributed by atoms with Crippen LogP contribution < -0.4 is 5.73 Å². The third kappa shape index (κ3) is 4.41. The van der Waals surface area contributed by atoms with Crippen molar-refractivity contribution in [2.75, 3.05) is 6.54 Å². The molecule has 0 bridgehead atoms. The number of rotatable bonds is 7. The summed E-state index contributed by atoms with van der Waals surface area (Å²) in [4.78, 5) is 3.99. The highest BCUT2D eigenvalue weighted by molar-refractivity contribution is 5.23. The molecule has 2 heteroatoms. The van der Waals surface area contributed by atoms with Crippen LogP contribution in [0.5, 0.6) is 0 Å². The smallest absolute Gasteiger partial charge is 0.0413 e. The highest BCUT2D eigenvalue weighted by atomic mass is 14.7. The van der Waals surface area contributed by atoms with Crippen molar-refractivity contribution in [3.63, 3.8) is 0 Å². The molecule has 0 aliphatic carbocycles. The molecule has 0 saturated heterocycles. The van der Waals surface area contributed by atoms with E-state index in [0.717, 1.165) is 13.0 Å². The van der Waals surface area contributed by atoms with Crippen molar-refractivity contribution in [3.8, 4) is 0 Å². The van der Waals surface area contributed by atoms with Crippen LogP contribution in [0.25, 0.3) is 0 Å². The van der Waals surface area contributed by atoms with Gasteiger partial charge in [0.05, 0.1) is 0 Å². The van der Waals surface area contributed by atoms with E-state index < -0.39 is 0 Å². The number of hydrogen-bond acceptors (Lipinski definition) is 2. The van der Waals surface area contributed by atoms with Crippen LogP contribution in [0.1, 0.15) is 40.0 Å². The number of nitrogens with zero attached hydrogens (tertiary/aromatic N) is 1. The normalized spacial score (nSPS) is 17.8. The van der Waals surface area contributed by atoms with E-state index in [1.807, 2.05) is 0 Å². The quantitative estimate of drug-likeness (QED) is 0.606. The van der Waals surface area contributed by atoms with Gasteiger partial charge in [-0.15, -0.1) is 0 Å². The van der Waals surface area contributed by atoms with Crippen molar-refractivity contribution >= 4 is 6.72 Å². The minimum Gasteiger partial charge on any atom is -0.328 e. The van der Waals surface area contributed by atoms with Crippen LogP contribution in [0.2, 0.25) is 0 Å². The molecule has 0 spiro atoms. The Hall–Kier alpha value is -0.370. The molecule has 0 radical (unpaired) electrons. The van der Waals surface area contributed by atoms with Gasteiger partial charge in [-0.05, 0) is 31.9 Å². The third-order valence-corrected chi connectivity index (χ3v) is 2.79. The zero-order valence-corrected chi connectivity index (χ0v) is 9.29. The van der Waals surface area contributed by atoms with E-state index in [9.17, 15) is 0 Å². The van der Waals surface area contributed by atoms with Gasteiger partial charge in [-0.2, -0.15) is 0 Å². The Morgan fingerprint density at radius 1 is 1.38 bits per heavy atom. The van der Waals surface area contributed by atoms with Gasteiger partial charge >= 0.3 is 0 Å². The van der Waals surface area contributed by atoms with Crippen LogP contribution in [0.15, 0.2) is 4.99 Å². The summed E-state index contributed by atoms with van der Waals surface area (Å²) in [7, 11) is 0. The predicted octanol–water partition coefficient (Wildman–Crippen LogP) is 2.48. The highest BCUT2D eigenvalue weighted by Gasteiger charge is 2.21. The first-order valence-corrected chi connectivity index (χ1v) is 5.35. The first kappa shape index (κ1) is 12.6. The van der Waals surface area contributed by atoms with Gasteiger partial charge in [-0.3, -0.25) is 0 Å². The first-order valence-electron chi connectivity index (χ1n) is 5.35. The third-order valence-electron chi connectivity index (χ3n) is 2.79. The van der Waals surface area contributed by atoms with E-state index in [-0.39, 0.29) is 6.04 Å². The maximum absolute atomic E-state index is 5.97. The Kier molecular flexibility index (Phi) is 6.87. The van der Waals surface area contributed by atoms with E-state index in [0.29, 0.717) is 11.8 Å². The van der Waals surface area contributed by atoms with Gasteiger partial charge in [0.1, 0.15) is 0 Å². The second kappa shape index (κ2) is 7.07. The molecular formula is C11H24N2. The SMILES string of the molecule is C=NCC(CC)[C@@H](CCC)C(C)N. The Morgan fingerprint density at radius 2 is 2.00 bits per heavy atom. The Balaban J connectivity index is 4.19. The molecule has 2 nitrogen and oxygen atoms in total. The molecule has 0 aromatic carbocycles. The summed E-state index contributed by atoms with van der Waals surface area (Å²) in [6.07, 6.45) is 3.58. The maximum atomic E-state index is 5.97. The Morgan fingerprint density at radius 3 is 2.31 bits per heavy atom. The lowest BCUT2D eigenvalue weighted by molar-refractivity contribution is 0.270. The molecule has 78 valence electrons. The van der Waals surface area contributed by atoms with Gasteiger partial charge in [0.15, 0.2) is 0 Å². The number of aliphatic imine (C=N–C) groups is 1. The zero-order valence-electron chi connectivity index (χ0n) is 9.29. The van der Waals surface area contributed by atoms with Crippen molar-refractivity contribution in [2.24, 2.45) is 22.6 Å². The molecule has 3 atom stereocenters. The summed E-state index contributed by atoms with van der Waals surface area (Å²) >= 11 is 0. The second-order valence-electron chi connectivity index (χ2n) is 3.89. The molecule has 0 saturated carbocycles. The maximum Gasteiger partial charge on any atom is 0.0413 e. The van der Waals surface area contributed by atoms with Gasteiger partial charge in [0, 0.05) is 12.6 Å². The molecule has 0 aliphatic heterocycles. The lowest BCUT2D eigenvalue weighted by Gasteiger charge is -2.27. The van der Waals surface area contributed by atoms with Crippen LogP contribution in [-0.2, 0) is 0 Å². The lowest BCUT2D eigenvalue weighted by atomic mass is 9.82. The van der Waals surface area contributed by atoms with Gasteiger partial charge in [0.2, 0.25) is 0 Å². The van der Waals surface area contributed by atoms with Gasteiger partial charge < -0.3 is 10.7 Å². The Bertz CT molecular complexity index is 132. The summed E-state index contributed by atoms with van der Waals surface area (Å²) in [5.74, 6) is 1.23. The zero-order chi connectivity index (χ0) is 10.3. The standard InChI is InChI=1S/C11H24N2/c1-5-7-11(9(3)12)10(6-2)8-13-4/h9-11H,4-8,12H2,1-3H3/t9?,10?,11-/m0/s1. The second-order valence-corrected chi connectivity index (χ2v) is 3.89. The van der Waals surface area contributed by atoms with Crippen molar-refractivity contribution in [3.05, 3.63) is 0 Å². The molecule has 0 aromatic rings. The molecular weight excluding hydrogens is 160 g/mol. The minimum atomic E-state index is 0.284. The minimum absolute atomic E-state index is 0.284. The highest BCUT2D eigenvalue weighted by Crippen LogP contribution is 2.23. The number of nitrogens with two attached hydrogens (primary N) is 1. The van der Waals surface area contributed by atoms with Crippen LogP contribution in [0.4, 0.5) is 0 Å². The van der Waals surface area contributed by atoms with E-state index in [1.165, 1.54) is 12.8 Å². The monoisotopic (exact) mass is 184 g/mol. The molecule has 0 rings (SSSR count). The van der Waals surface area contributed by atoms with Crippen LogP contribution >= 0.6 is 0 Å². The lowest BCUT2D eigenvalue weighted by Crippen LogP contribution is -2.33. The van der Waals surface area contributed by atoms with E-state index >= 15 is 0 Å². The molecule has 0 fully saturated rings. The van der Waals surface area contributed by atoms with E-state index in [2.05, 4.69) is 32.5 Å². The van der Waals surface area contributed by atoms with E-state index in [1.54, 1.807) is 0 Å². The summed E-state index contributed by atoms with van der Waals surface area (Å²) in [6.45, 7) is 10.9. The molecule has 2 N–H and O–H groups in total. The summed E-state index contributed by atoms with van der Waals surface area (Å²) < 4.78 is 0. The molecule has 13 heavy (non-hydrogen) atoms. The van der Waals surface area contributed by atoms with Crippen molar-refractivity contribution in [1.82, 2.24) is 0 Å². The summed E-state index contributed by atoms with van der Waals surface area (Å²) in [6, 6.07) is 0.284. The molecule has 0 heterocycles. The van der Waals surface area contributed by atoms with Crippen molar-refractivity contribution in [2.45, 2.75) is 46.1 Å². The molecule has 0 amide bonds. The molecule has 0 aromatic heterocycles. The van der Waals surface area contributed by atoms with Crippen LogP contribution in [-0.4, -0.2) is 19.3 Å². The van der Waals surface area contributed by atoms with Gasteiger partial charge in [-0.25, -0.2) is 0 Å². The topological polar surface area (TPSA) is 38.4 Å². The fourth-order valence-corrected chi connectivity index (χ4v) is 1.99. The largest absolute Gasteiger partial charge is 0.328 e. The fraction of sp³-hybridized carbons (Fsp3) is 0.909. The Labute approximate surface area is 82.6 Å². The van der Waals surface area contributed by atoms with E-state index in [4.69, 9.17) is 5.73 Å². The average molecular weight is 184 g/mol.